The van der Waals surface area contributed by atoms with Crippen molar-refractivity contribution in [1.29, 1.82) is 0 Å². The lowest BCUT2D eigenvalue weighted by Gasteiger charge is -2.18. The van der Waals surface area contributed by atoms with Gasteiger partial charge in [-0.05, 0) is 38.5 Å². The molecule has 0 spiro atoms. The number of hydrogen-bond acceptors (Lipinski definition) is 3. The Morgan fingerprint density at radius 2 is 1.71 bits per heavy atom. The van der Waals surface area contributed by atoms with Gasteiger partial charge in [-0.15, -0.1) is 0 Å². The number of likely N-dealkylation sites (N-methyl/N-ethyl adjacent to an activating group) is 1. The average molecular weight is 291 g/mol. The summed E-state index contributed by atoms with van der Waals surface area (Å²) in [7, 11) is 1.65. The van der Waals surface area contributed by atoms with E-state index in [0.29, 0.717) is 13.2 Å². The third-order valence-electron chi connectivity index (χ3n) is 3.20. The third kappa shape index (κ3) is 4.63. The molecule has 1 rings (SSSR count). The maximum atomic E-state index is 12.1. The van der Waals surface area contributed by atoms with E-state index in [1.165, 1.54) is 18.7 Å². The number of benzene rings is 1. The Labute approximate surface area is 124 Å². The van der Waals surface area contributed by atoms with Crippen molar-refractivity contribution in [2.45, 2.75) is 27.3 Å². The zero-order chi connectivity index (χ0) is 16.0. The Hall–Kier alpha value is -2.30. The zero-order valence-corrected chi connectivity index (χ0v) is 12.8. The minimum Gasteiger partial charge on any atom is -0.494 e. The molecule has 0 atom stereocenters. The largest absolute Gasteiger partial charge is 0.494 e. The van der Waals surface area contributed by atoms with Crippen LogP contribution in [0.15, 0.2) is 35.4 Å². The summed E-state index contributed by atoms with van der Waals surface area (Å²) in [6, 6.07) is 7.47. The van der Waals surface area contributed by atoms with Gasteiger partial charge < -0.3 is 14.7 Å². The second-order valence-corrected chi connectivity index (χ2v) is 4.79. The molecule has 0 radical (unpaired) electrons. The van der Waals surface area contributed by atoms with E-state index in [2.05, 4.69) is 0 Å². The molecular formula is C16H21NO4. The van der Waals surface area contributed by atoms with Gasteiger partial charge in [-0.2, -0.15) is 0 Å². The molecule has 21 heavy (non-hydrogen) atoms. The van der Waals surface area contributed by atoms with E-state index in [1.807, 2.05) is 31.2 Å². The molecule has 5 nitrogen and oxygen atoms in total. The second-order valence-electron chi connectivity index (χ2n) is 4.79. The van der Waals surface area contributed by atoms with Crippen molar-refractivity contribution in [2.75, 3.05) is 13.7 Å². The van der Waals surface area contributed by atoms with Crippen LogP contribution in [0.25, 0.3) is 0 Å². The van der Waals surface area contributed by atoms with Crippen LogP contribution in [-0.2, 0) is 16.1 Å². The highest BCUT2D eigenvalue weighted by Crippen LogP contribution is 2.15. The topological polar surface area (TPSA) is 66.8 Å². The molecule has 0 aliphatic heterocycles. The van der Waals surface area contributed by atoms with E-state index >= 15 is 0 Å². The van der Waals surface area contributed by atoms with E-state index < -0.39 is 5.97 Å². The van der Waals surface area contributed by atoms with Crippen LogP contribution in [0.1, 0.15) is 26.3 Å². The van der Waals surface area contributed by atoms with Crippen LogP contribution in [0, 0.1) is 0 Å². The number of nitrogens with zero attached hydrogens (tertiary/aromatic N) is 1. The number of carbonyl (C=O) groups is 2. The molecule has 0 bridgehead atoms. The molecule has 0 saturated carbocycles. The molecule has 0 aliphatic rings. The summed E-state index contributed by atoms with van der Waals surface area (Å²) in [6.07, 6.45) is 0. The Kier molecular flexibility index (Phi) is 5.96. The lowest BCUT2D eigenvalue weighted by molar-refractivity contribution is -0.133. The van der Waals surface area contributed by atoms with Gasteiger partial charge in [-0.25, -0.2) is 4.79 Å². The highest BCUT2D eigenvalue weighted by molar-refractivity contribution is 6.01. The van der Waals surface area contributed by atoms with E-state index in [-0.39, 0.29) is 17.1 Å². The predicted octanol–water partition coefficient (Wildman–Crippen LogP) is 2.46. The number of aliphatic carboxylic acids is 1. The quantitative estimate of drug-likeness (QED) is 0.818. The van der Waals surface area contributed by atoms with Crippen molar-refractivity contribution < 1.29 is 19.4 Å². The van der Waals surface area contributed by atoms with Gasteiger partial charge in [-0.1, -0.05) is 12.1 Å². The predicted molar refractivity (Wildman–Crippen MR) is 80.1 cm³/mol. The minimum absolute atomic E-state index is 0.0681. The zero-order valence-electron chi connectivity index (χ0n) is 12.8. The lowest BCUT2D eigenvalue weighted by Crippen LogP contribution is -2.28. The van der Waals surface area contributed by atoms with E-state index in [1.54, 1.807) is 7.05 Å². The molecule has 1 aromatic rings. The van der Waals surface area contributed by atoms with Gasteiger partial charge in [0, 0.05) is 24.7 Å². The summed E-state index contributed by atoms with van der Waals surface area (Å²) in [6.45, 7) is 5.90. The van der Waals surface area contributed by atoms with Gasteiger partial charge in [0.2, 0.25) is 5.91 Å². The van der Waals surface area contributed by atoms with Crippen LogP contribution in [0.4, 0.5) is 0 Å². The molecule has 0 saturated heterocycles. The maximum absolute atomic E-state index is 12.1. The molecule has 0 heterocycles. The molecule has 5 heteroatoms. The summed E-state index contributed by atoms with van der Waals surface area (Å²) in [5.74, 6) is -0.577. The standard InChI is InChI=1S/C16H21NO4/c1-5-21-14-8-6-13(7-9-14)10-17(4)15(18)11(2)12(3)16(19)20/h6-9H,5,10H2,1-4H3,(H,19,20). The highest BCUT2D eigenvalue weighted by Gasteiger charge is 2.16. The monoisotopic (exact) mass is 291 g/mol. The summed E-state index contributed by atoms with van der Waals surface area (Å²) in [5.41, 5.74) is 1.27. The van der Waals surface area contributed by atoms with Crippen LogP contribution < -0.4 is 4.74 Å². The number of amides is 1. The molecule has 1 amide bonds. The van der Waals surface area contributed by atoms with Crippen LogP contribution in [0.3, 0.4) is 0 Å². The normalized spacial score (nSPS) is 11.6. The Morgan fingerprint density at radius 1 is 1.14 bits per heavy atom. The number of carboxylic acids is 1. The van der Waals surface area contributed by atoms with Gasteiger partial charge >= 0.3 is 5.97 Å². The summed E-state index contributed by atoms with van der Waals surface area (Å²) in [4.78, 5) is 24.5. The van der Waals surface area contributed by atoms with Crippen molar-refractivity contribution >= 4 is 11.9 Å². The smallest absolute Gasteiger partial charge is 0.331 e. The highest BCUT2D eigenvalue weighted by atomic mass is 16.5. The second kappa shape index (κ2) is 7.47. The molecule has 0 unspecified atom stereocenters. The fourth-order valence-electron chi connectivity index (χ4n) is 1.81. The first-order valence-corrected chi connectivity index (χ1v) is 6.74. The fraction of sp³-hybridized carbons (Fsp3) is 0.375. The summed E-state index contributed by atoms with van der Waals surface area (Å²) in [5, 5.41) is 8.91. The van der Waals surface area contributed by atoms with Crippen LogP contribution in [-0.4, -0.2) is 35.5 Å². The van der Waals surface area contributed by atoms with Gasteiger partial charge in [0.1, 0.15) is 5.75 Å². The van der Waals surface area contributed by atoms with E-state index in [0.717, 1.165) is 11.3 Å². The number of ether oxygens (including phenoxy) is 1. The van der Waals surface area contributed by atoms with Crippen molar-refractivity contribution in [3.8, 4) is 5.75 Å². The van der Waals surface area contributed by atoms with Gasteiger partial charge in [-0.3, -0.25) is 4.79 Å². The first-order valence-electron chi connectivity index (χ1n) is 6.74. The fourth-order valence-corrected chi connectivity index (χ4v) is 1.81. The Balaban J connectivity index is 2.76. The number of carbonyl (C=O) groups excluding carboxylic acids is 1. The van der Waals surface area contributed by atoms with Crippen molar-refractivity contribution in [3.63, 3.8) is 0 Å². The third-order valence-corrected chi connectivity index (χ3v) is 3.20. The molecule has 1 aromatic carbocycles. The number of hydrogen-bond donors (Lipinski definition) is 1. The molecule has 1 N–H and O–H groups in total. The molecule has 0 aromatic heterocycles. The summed E-state index contributed by atoms with van der Waals surface area (Å²) >= 11 is 0. The van der Waals surface area contributed by atoms with Crippen molar-refractivity contribution in [3.05, 3.63) is 41.0 Å². The molecule has 0 aliphatic carbocycles. The molecular weight excluding hydrogens is 270 g/mol. The minimum atomic E-state index is -1.07. The van der Waals surface area contributed by atoms with Crippen LogP contribution in [0.5, 0.6) is 5.75 Å². The lowest BCUT2D eigenvalue weighted by atomic mass is 10.1. The molecule has 0 fully saturated rings. The first-order chi connectivity index (χ1) is 9.86. The summed E-state index contributed by atoms with van der Waals surface area (Å²) < 4.78 is 5.36. The average Bonchev–Trinajstić information content (AvgIpc) is 2.47. The molecule has 114 valence electrons. The van der Waals surface area contributed by atoms with Gasteiger partial charge in [0.05, 0.1) is 6.61 Å². The SMILES string of the molecule is CCOc1ccc(CN(C)C(=O)C(C)=C(C)C(=O)O)cc1. The van der Waals surface area contributed by atoms with Crippen molar-refractivity contribution in [2.24, 2.45) is 0 Å². The van der Waals surface area contributed by atoms with Crippen molar-refractivity contribution in [1.82, 2.24) is 4.90 Å². The Bertz CT molecular complexity index is 546. The number of carboxylic acid groups (broad SMARTS) is 1. The van der Waals surface area contributed by atoms with Gasteiger partial charge in [0.25, 0.3) is 0 Å². The van der Waals surface area contributed by atoms with E-state index in [9.17, 15) is 9.59 Å². The van der Waals surface area contributed by atoms with Gasteiger partial charge in [0.15, 0.2) is 0 Å². The first kappa shape index (κ1) is 16.8. The Morgan fingerprint density at radius 3 is 2.19 bits per heavy atom. The van der Waals surface area contributed by atoms with Crippen LogP contribution in [0.2, 0.25) is 0 Å². The van der Waals surface area contributed by atoms with E-state index in [4.69, 9.17) is 9.84 Å². The van der Waals surface area contributed by atoms with Crippen LogP contribution >= 0.6 is 0 Å². The number of rotatable bonds is 6. The maximum Gasteiger partial charge on any atom is 0.331 e.